The van der Waals surface area contributed by atoms with Gasteiger partial charge in [0.05, 0.1) is 5.60 Å². The molecule has 0 radical (unpaired) electrons. The van der Waals surface area contributed by atoms with Crippen LogP contribution in [0.25, 0.3) is 0 Å². The summed E-state index contributed by atoms with van der Waals surface area (Å²) in [5.41, 5.74) is 0.377. The van der Waals surface area contributed by atoms with Crippen LogP contribution in [0.15, 0.2) is 0 Å². The molecule has 2 rings (SSSR count). The molecule has 1 N–H and O–H groups in total. The van der Waals surface area contributed by atoms with Gasteiger partial charge in [-0.1, -0.05) is 6.92 Å². The molecule has 0 amide bonds. The highest BCUT2D eigenvalue weighted by atomic mass is 16.5. The van der Waals surface area contributed by atoms with E-state index in [4.69, 9.17) is 4.74 Å². The zero-order valence-corrected chi connectivity index (χ0v) is 11.9. The van der Waals surface area contributed by atoms with E-state index < -0.39 is 0 Å². The van der Waals surface area contributed by atoms with Crippen molar-refractivity contribution in [2.75, 3.05) is 26.2 Å². The Morgan fingerprint density at radius 3 is 2.76 bits per heavy atom. The summed E-state index contributed by atoms with van der Waals surface area (Å²) in [7, 11) is 0. The second kappa shape index (κ2) is 4.87. The quantitative estimate of drug-likeness (QED) is 0.817. The van der Waals surface area contributed by atoms with Crippen molar-refractivity contribution in [3.8, 4) is 0 Å². The topological polar surface area (TPSA) is 24.5 Å². The number of ether oxygens (including phenoxy) is 1. The van der Waals surface area contributed by atoms with Crippen molar-refractivity contribution in [3.63, 3.8) is 0 Å². The molecule has 0 aromatic heterocycles. The maximum absolute atomic E-state index is 5.93. The van der Waals surface area contributed by atoms with Gasteiger partial charge in [-0.05, 0) is 40.0 Å². The lowest BCUT2D eigenvalue weighted by atomic mass is 9.92. The molecular formula is C14H28N2O. The Morgan fingerprint density at radius 1 is 1.41 bits per heavy atom. The summed E-state index contributed by atoms with van der Waals surface area (Å²) in [6.07, 6.45) is 3.63. The SMILES string of the molecule is CCC1(C)CN(CC2(C)CCCO2)C(C)CN1. The van der Waals surface area contributed by atoms with Gasteiger partial charge in [-0.2, -0.15) is 0 Å². The molecule has 100 valence electrons. The maximum atomic E-state index is 5.93. The number of rotatable bonds is 3. The highest BCUT2D eigenvalue weighted by molar-refractivity contribution is 4.96. The van der Waals surface area contributed by atoms with Crippen LogP contribution >= 0.6 is 0 Å². The standard InChI is InChI=1S/C14H28N2O/c1-5-13(3)10-16(12(2)9-15-13)11-14(4)7-6-8-17-14/h12,15H,5-11H2,1-4H3. The summed E-state index contributed by atoms with van der Waals surface area (Å²) >= 11 is 0. The molecule has 2 fully saturated rings. The molecule has 0 aromatic carbocycles. The highest BCUT2D eigenvalue weighted by Crippen LogP contribution is 2.28. The van der Waals surface area contributed by atoms with Gasteiger partial charge in [0.2, 0.25) is 0 Å². The lowest BCUT2D eigenvalue weighted by Gasteiger charge is -2.47. The lowest BCUT2D eigenvalue weighted by molar-refractivity contribution is -0.0333. The van der Waals surface area contributed by atoms with Gasteiger partial charge >= 0.3 is 0 Å². The molecule has 3 nitrogen and oxygen atoms in total. The monoisotopic (exact) mass is 240 g/mol. The van der Waals surface area contributed by atoms with Gasteiger partial charge in [-0.15, -0.1) is 0 Å². The van der Waals surface area contributed by atoms with Gasteiger partial charge in [0.15, 0.2) is 0 Å². The molecule has 0 aliphatic carbocycles. The zero-order valence-electron chi connectivity index (χ0n) is 11.9. The third-order valence-corrected chi connectivity index (χ3v) is 4.62. The number of piperazine rings is 1. The molecule has 0 saturated carbocycles. The number of nitrogens with one attached hydrogen (secondary N) is 1. The minimum Gasteiger partial charge on any atom is -0.374 e. The van der Waals surface area contributed by atoms with Gasteiger partial charge in [-0.3, -0.25) is 4.90 Å². The van der Waals surface area contributed by atoms with Crippen molar-refractivity contribution in [1.29, 1.82) is 0 Å². The molecule has 3 unspecified atom stereocenters. The summed E-state index contributed by atoms with van der Waals surface area (Å²) in [5.74, 6) is 0. The fraction of sp³-hybridized carbons (Fsp3) is 1.00. The average molecular weight is 240 g/mol. The molecule has 2 heterocycles. The summed E-state index contributed by atoms with van der Waals surface area (Å²) in [4.78, 5) is 2.62. The zero-order chi connectivity index (χ0) is 12.5. The number of hydrogen-bond acceptors (Lipinski definition) is 3. The minimum atomic E-state index is 0.0975. The second-order valence-corrected chi connectivity index (χ2v) is 6.45. The van der Waals surface area contributed by atoms with E-state index in [1.54, 1.807) is 0 Å². The molecule has 2 saturated heterocycles. The van der Waals surface area contributed by atoms with Gasteiger partial charge < -0.3 is 10.1 Å². The molecule has 0 spiro atoms. The Labute approximate surface area is 106 Å². The van der Waals surface area contributed by atoms with Crippen LogP contribution in [0.1, 0.15) is 47.0 Å². The molecule has 17 heavy (non-hydrogen) atoms. The Bertz CT molecular complexity index is 263. The third-order valence-electron chi connectivity index (χ3n) is 4.62. The Balaban J connectivity index is 1.98. The fourth-order valence-corrected chi connectivity index (χ4v) is 3.02. The highest BCUT2D eigenvalue weighted by Gasteiger charge is 2.38. The van der Waals surface area contributed by atoms with Crippen molar-refractivity contribution in [3.05, 3.63) is 0 Å². The first-order valence-electron chi connectivity index (χ1n) is 7.09. The Hall–Kier alpha value is -0.120. The maximum Gasteiger partial charge on any atom is 0.0781 e. The van der Waals surface area contributed by atoms with E-state index in [9.17, 15) is 0 Å². The normalized spacial score (nSPS) is 44.1. The predicted molar refractivity (Wildman–Crippen MR) is 71.3 cm³/mol. The van der Waals surface area contributed by atoms with E-state index in [0.29, 0.717) is 6.04 Å². The van der Waals surface area contributed by atoms with E-state index in [-0.39, 0.29) is 11.1 Å². The van der Waals surface area contributed by atoms with Crippen LogP contribution in [-0.4, -0.2) is 48.3 Å². The van der Waals surface area contributed by atoms with Crippen LogP contribution in [0, 0.1) is 0 Å². The minimum absolute atomic E-state index is 0.0975. The van der Waals surface area contributed by atoms with E-state index in [1.165, 1.54) is 19.3 Å². The van der Waals surface area contributed by atoms with Gasteiger partial charge in [0, 0.05) is 37.8 Å². The number of nitrogens with zero attached hydrogens (tertiary/aromatic N) is 1. The molecule has 3 atom stereocenters. The van der Waals surface area contributed by atoms with E-state index in [0.717, 1.165) is 26.2 Å². The van der Waals surface area contributed by atoms with Crippen LogP contribution < -0.4 is 5.32 Å². The van der Waals surface area contributed by atoms with Crippen molar-refractivity contribution < 1.29 is 4.74 Å². The van der Waals surface area contributed by atoms with E-state index in [2.05, 4.69) is 37.9 Å². The first-order valence-corrected chi connectivity index (χ1v) is 7.09. The number of hydrogen-bond donors (Lipinski definition) is 1. The Morgan fingerprint density at radius 2 is 2.18 bits per heavy atom. The van der Waals surface area contributed by atoms with Crippen LogP contribution in [0.2, 0.25) is 0 Å². The largest absolute Gasteiger partial charge is 0.374 e. The summed E-state index contributed by atoms with van der Waals surface area (Å²) in [5, 5.41) is 3.68. The van der Waals surface area contributed by atoms with Crippen molar-refractivity contribution >= 4 is 0 Å². The van der Waals surface area contributed by atoms with Gasteiger partial charge in [0.1, 0.15) is 0 Å². The fourth-order valence-electron chi connectivity index (χ4n) is 3.02. The second-order valence-electron chi connectivity index (χ2n) is 6.45. The van der Waals surface area contributed by atoms with Gasteiger partial charge in [-0.25, -0.2) is 0 Å². The van der Waals surface area contributed by atoms with E-state index >= 15 is 0 Å². The average Bonchev–Trinajstić information content (AvgIpc) is 2.71. The van der Waals surface area contributed by atoms with Crippen molar-refractivity contribution in [2.24, 2.45) is 0 Å². The molecule has 0 bridgehead atoms. The van der Waals surface area contributed by atoms with Crippen LogP contribution in [-0.2, 0) is 4.74 Å². The molecule has 2 aliphatic heterocycles. The molecule has 2 aliphatic rings. The predicted octanol–water partition coefficient (Wildman–Crippen LogP) is 2.02. The smallest absolute Gasteiger partial charge is 0.0781 e. The van der Waals surface area contributed by atoms with Crippen LogP contribution in [0.4, 0.5) is 0 Å². The molecule has 3 heteroatoms. The third kappa shape index (κ3) is 3.01. The summed E-state index contributed by atoms with van der Waals surface area (Å²) in [6, 6.07) is 0.621. The lowest BCUT2D eigenvalue weighted by Crippen LogP contribution is -2.63. The molecule has 0 aromatic rings. The Kier molecular flexibility index (Phi) is 3.81. The van der Waals surface area contributed by atoms with Crippen molar-refractivity contribution in [1.82, 2.24) is 10.2 Å². The molecular weight excluding hydrogens is 212 g/mol. The van der Waals surface area contributed by atoms with Crippen LogP contribution in [0.3, 0.4) is 0 Å². The summed E-state index contributed by atoms with van der Waals surface area (Å²) in [6.45, 7) is 13.5. The van der Waals surface area contributed by atoms with Crippen molar-refractivity contribution in [2.45, 2.75) is 64.1 Å². The van der Waals surface area contributed by atoms with E-state index in [1.807, 2.05) is 0 Å². The van der Waals surface area contributed by atoms with Gasteiger partial charge in [0.25, 0.3) is 0 Å². The first kappa shape index (κ1) is 13.3. The first-order chi connectivity index (χ1) is 7.96. The van der Waals surface area contributed by atoms with Crippen LogP contribution in [0.5, 0.6) is 0 Å². The summed E-state index contributed by atoms with van der Waals surface area (Å²) < 4.78 is 5.93.